The number of benzene rings is 14. The lowest BCUT2D eigenvalue weighted by atomic mass is 9.33. The summed E-state index contributed by atoms with van der Waals surface area (Å²) in [5.74, 6) is 2.66. The van der Waals surface area contributed by atoms with Crippen molar-refractivity contribution in [2.24, 2.45) is 30.0 Å². The highest BCUT2D eigenvalue weighted by Crippen LogP contribution is 2.54. The van der Waals surface area contributed by atoms with Gasteiger partial charge in [0.25, 0.3) is 6.71 Å². The molecule has 0 aromatic heterocycles. The molecule has 5 heterocycles. The van der Waals surface area contributed by atoms with Crippen LogP contribution in [0.3, 0.4) is 0 Å². The second-order valence-corrected chi connectivity index (χ2v) is 25.4. The summed E-state index contributed by atoms with van der Waals surface area (Å²) in [5, 5.41) is 0. The zero-order valence-corrected chi connectivity index (χ0v) is 54.1. The Morgan fingerprint density at radius 1 is 0.190 bits per heavy atom. The van der Waals surface area contributed by atoms with Crippen LogP contribution in [-0.4, -0.2) is 47.0 Å². The summed E-state index contributed by atoms with van der Waals surface area (Å²) in [6.07, 6.45) is 0. The summed E-state index contributed by atoms with van der Waals surface area (Å²) in [7, 11) is 0. The Bertz CT molecular complexity index is 5350. The van der Waals surface area contributed by atoms with E-state index in [0.717, 1.165) is 129 Å². The predicted octanol–water partition coefficient (Wildman–Crippen LogP) is 19.5. The Morgan fingerprint density at radius 3 is 0.790 bits per heavy atom. The van der Waals surface area contributed by atoms with Crippen LogP contribution in [0.1, 0.15) is 16.7 Å². The number of aliphatic imine (C=N–C) groups is 6. The molecule has 5 aliphatic heterocycles. The molecule has 14 aromatic rings. The van der Waals surface area contributed by atoms with Crippen LogP contribution in [0.25, 0.3) is 77.9 Å². The van der Waals surface area contributed by atoms with Crippen LogP contribution in [0.4, 0.5) is 34.1 Å². The van der Waals surface area contributed by atoms with Gasteiger partial charge in [0.05, 0.1) is 11.4 Å². The van der Waals surface area contributed by atoms with Crippen molar-refractivity contribution in [2.45, 2.75) is 0 Å². The summed E-state index contributed by atoms with van der Waals surface area (Å²) < 4.78 is 0. The van der Waals surface area contributed by atoms with Crippen LogP contribution >= 0.6 is 0 Å². The van der Waals surface area contributed by atoms with E-state index in [1.54, 1.807) is 4.90 Å². The number of rotatable bonds is 12. The van der Waals surface area contributed by atoms with Crippen LogP contribution in [0.2, 0.25) is 0 Å². The number of hydrogen-bond acceptors (Lipinski definition) is 9. The van der Waals surface area contributed by atoms with E-state index in [9.17, 15) is 0 Å². The minimum atomic E-state index is -0.257. The first-order valence-corrected chi connectivity index (χ1v) is 33.8. The van der Waals surface area contributed by atoms with Gasteiger partial charge >= 0.3 is 0 Å². The van der Waals surface area contributed by atoms with Gasteiger partial charge in [0.2, 0.25) is 17.9 Å². The molecule has 0 unspecified atom stereocenters. The van der Waals surface area contributed by atoms with E-state index in [1.165, 1.54) is 16.4 Å². The third-order valence-corrected chi connectivity index (χ3v) is 19.5. The Morgan fingerprint density at radius 2 is 0.460 bits per heavy atom. The Labute approximate surface area is 580 Å². The summed E-state index contributed by atoms with van der Waals surface area (Å²) in [5.41, 5.74) is 28.1. The largest absolute Gasteiger partial charge is 0.310 e. The molecule has 0 amide bonds. The van der Waals surface area contributed by atoms with Crippen molar-refractivity contribution >= 4 is 92.6 Å². The van der Waals surface area contributed by atoms with Crippen molar-refractivity contribution in [3.05, 3.63) is 369 Å². The fourth-order valence-corrected chi connectivity index (χ4v) is 14.9. The maximum absolute atomic E-state index is 5.21. The Kier molecular flexibility index (Phi) is 14.1. The number of fused-ring (bicyclic) bond motifs is 4. The molecule has 0 radical (unpaired) electrons. The van der Waals surface area contributed by atoms with Crippen LogP contribution < -0.4 is 26.2 Å². The van der Waals surface area contributed by atoms with Crippen LogP contribution in [0.5, 0.6) is 0 Å². The zero-order valence-electron chi connectivity index (χ0n) is 54.1. The van der Waals surface area contributed by atoms with Crippen molar-refractivity contribution in [3.63, 3.8) is 0 Å². The lowest BCUT2D eigenvalue weighted by Crippen LogP contribution is -2.61. The number of guanidine groups is 3. The Balaban J connectivity index is 0.895. The van der Waals surface area contributed by atoms with Gasteiger partial charge in [-0.15, -0.1) is 0 Å². The van der Waals surface area contributed by atoms with E-state index in [-0.39, 0.29) is 6.71 Å². The maximum Gasteiger partial charge on any atom is 0.252 e. The molecular weight excluding hydrogens is 1220 g/mol. The quantitative estimate of drug-likeness (QED) is 0.114. The standard InChI is InChI=1S/C90H58BN9/c1-9-27-59(28-10-1)69-51-53-78-76(55-69)91-77-56-70(60-29-11-2-12-30-60)52-54-79(77)99(84-74(64-35-17-5-18-36-64)45-26-46-75(84)65-37-19-6-20-38-65)81-58-71(57-80(82(81)91)98(78)83-72(62-31-13-3-14-32-62)43-25-44-73(83)63-33-15-4-16-34-63)61-47-49-68(50-48-61)87-96-89-94-85(66-39-21-7-22-40-66)92-88-93-86(67-41-23-8-24-42-67)95-90(97-87)100(88)89/h1-58H. The first-order valence-electron chi connectivity index (χ1n) is 33.8. The van der Waals surface area contributed by atoms with Gasteiger partial charge in [0.15, 0.2) is 17.5 Å². The van der Waals surface area contributed by atoms with Gasteiger partial charge in [-0.25, -0.2) is 4.90 Å². The molecule has 0 N–H and O–H groups in total. The second-order valence-electron chi connectivity index (χ2n) is 25.4. The predicted molar refractivity (Wildman–Crippen MR) is 415 cm³/mol. The number of para-hydroxylation sites is 2. The molecular formula is C90H58BN9. The average molecular weight is 1280 g/mol. The number of anilines is 6. The highest BCUT2D eigenvalue weighted by atomic mass is 15.5. The number of amidine groups is 3. The summed E-state index contributed by atoms with van der Waals surface area (Å²) >= 11 is 0. The topological polar surface area (TPSA) is 83.9 Å². The first kappa shape index (κ1) is 58.0. The van der Waals surface area contributed by atoms with E-state index < -0.39 is 0 Å². The van der Waals surface area contributed by atoms with Crippen molar-refractivity contribution in [1.29, 1.82) is 0 Å². The van der Waals surface area contributed by atoms with E-state index in [4.69, 9.17) is 30.0 Å². The lowest BCUT2D eigenvalue weighted by molar-refractivity contribution is 0.828. The van der Waals surface area contributed by atoms with Crippen LogP contribution in [-0.2, 0) is 0 Å². The van der Waals surface area contributed by atoms with Gasteiger partial charge in [0.1, 0.15) is 0 Å². The molecule has 19 rings (SSSR count). The van der Waals surface area contributed by atoms with Gasteiger partial charge < -0.3 is 9.80 Å². The van der Waals surface area contributed by atoms with Crippen LogP contribution in [0.15, 0.2) is 382 Å². The van der Waals surface area contributed by atoms with E-state index in [0.29, 0.717) is 35.4 Å². The normalized spacial score (nSPS) is 13.9. The van der Waals surface area contributed by atoms with Gasteiger partial charge in [-0.3, -0.25) is 0 Å². The summed E-state index contributed by atoms with van der Waals surface area (Å²) in [6, 6.07) is 127. The molecule has 14 aromatic carbocycles. The molecule has 5 aliphatic rings. The van der Waals surface area contributed by atoms with E-state index in [1.807, 2.05) is 60.7 Å². The molecule has 100 heavy (non-hydrogen) atoms. The maximum atomic E-state index is 5.21. The number of hydrogen-bond donors (Lipinski definition) is 0. The monoisotopic (exact) mass is 1280 g/mol. The van der Waals surface area contributed by atoms with E-state index in [2.05, 4.69) is 301 Å². The molecule has 9 nitrogen and oxygen atoms in total. The minimum Gasteiger partial charge on any atom is -0.310 e. The molecule has 0 fully saturated rings. The highest BCUT2D eigenvalue weighted by molar-refractivity contribution is 7.00. The molecule has 0 spiro atoms. The summed E-state index contributed by atoms with van der Waals surface area (Å²) in [6.45, 7) is -0.257. The van der Waals surface area contributed by atoms with Gasteiger partial charge in [-0.05, 0) is 96.3 Å². The van der Waals surface area contributed by atoms with Crippen LogP contribution in [0, 0.1) is 0 Å². The van der Waals surface area contributed by atoms with Crippen molar-refractivity contribution in [1.82, 2.24) is 4.90 Å². The number of nitrogens with zero attached hydrogens (tertiary/aromatic N) is 9. The molecule has 10 heteroatoms. The lowest BCUT2D eigenvalue weighted by Gasteiger charge is -2.46. The molecule has 0 saturated heterocycles. The first-order chi connectivity index (χ1) is 49.6. The highest BCUT2D eigenvalue weighted by Gasteiger charge is 2.46. The van der Waals surface area contributed by atoms with E-state index >= 15 is 0 Å². The second kappa shape index (κ2) is 24.3. The van der Waals surface area contributed by atoms with Crippen molar-refractivity contribution < 1.29 is 0 Å². The van der Waals surface area contributed by atoms with Crippen molar-refractivity contribution in [2.75, 3.05) is 9.80 Å². The minimum absolute atomic E-state index is 0.257. The molecule has 0 saturated carbocycles. The SMILES string of the molecule is c1ccc(C2=NC3=NC(c4ccccc4)=NC4=NC(c5ccc(-c6cc7c8c(c6)N(c6c(-c9ccccc9)cccc6-c6ccccc6)c6ccc(-c9ccccc9)cc6B8c6cc(-c8ccccc8)ccc6N7c6c(-c7ccccc7)cccc6-c6ccccc6)cc5)=NC(=N2)N34)cc1. The van der Waals surface area contributed by atoms with Crippen molar-refractivity contribution in [3.8, 4) is 77.9 Å². The van der Waals surface area contributed by atoms with Gasteiger partial charge in [-0.2, -0.15) is 30.0 Å². The van der Waals surface area contributed by atoms with Gasteiger partial charge in [-0.1, -0.05) is 328 Å². The fraction of sp³-hybridized carbons (Fsp3) is 0. The fourth-order valence-electron chi connectivity index (χ4n) is 14.9. The van der Waals surface area contributed by atoms with Gasteiger partial charge in [0, 0.05) is 61.7 Å². The molecule has 0 atom stereocenters. The Hall–Kier alpha value is -13.4. The molecule has 0 bridgehead atoms. The third kappa shape index (κ3) is 10.0. The third-order valence-electron chi connectivity index (χ3n) is 19.5. The zero-order chi connectivity index (χ0) is 66.0. The summed E-state index contributed by atoms with van der Waals surface area (Å²) in [4.78, 5) is 37.5. The molecule has 0 aliphatic carbocycles. The smallest absolute Gasteiger partial charge is 0.252 e. The average Bonchev–Trinajstić information content (AvgIpc) is 0.690. The molecule has 466 valence electrons.